The van der Waals surface area contributed by atoms with Crippen molar-refractivity contribution in [1.82, 2.24) is 18.8 Å². The zero-order valence-electron chi connectivity index (χ0n) is 16.5. The van der Waals surface area contributed by atoms with Crippen molar-refractivity contribution < 1.29 is 17.6 Å². The van der Waals surface area contributed by atoms with Crippen LogP contribution in [0.1, 0.15) is 21.9 Å². The van der Waals surface area contributed by atoms with Crippen molar-refractivity contribution in [2.24, 2.45) is 7.05 Å². The summed E-state index contributed by atoms with van der Waals surface area (Å²) in [5.74, 6) is 0.0490. The molecule has 1 fully saturated rings. The van der Waals surface area contributed by atoms with Crippen LogP contribution in [-0.2, 0) is 17.1 Å². The van der Waals surface area contributed by atoms with Crippen LogP contribution in [0.2, 0.25) is 0 Å². The van der Waals surface area contributed by atoms with E-state index in [1.165, 1.54) is 21.9 Å². The molecule has 0 spiro atoms. The third-order valence-corrected chi connectivity index (χ3v) is 8.20. The van der Waals surface area contributed by atoms with Crippen LogP contribution in [-0.4, -0.2) is 59.3 Å². The van der Waals surface area contributed by atoms with Gasteiger partial charge in [0.2, 0.25) is 10.0 Å². The number of aryl methyl sites for hydroxylation is 1. The van der Waals surface area contributed by atoms with Crippen LogP contribution in [0.4, 0.5) is 0 Å². The third-order valence-electron chi connectivity index (χ3n) is 5.20. The Hall–Kier alpha value is -2.43. The van der Waals surface area contributed by atoms with Crippen molar-refractivity contribution >= 4 is 27.3 Å². The number of piperazine rings is 1. The Morgan fingerprint density at radius 1 is 1.21 bits per heavy atom. The fourth-order valence-electron chi connectivity index (χ4n) is 3.44. The third kappa shape index (κ3) is 3.52. The van der Waals surface area contributed by atoms with Gasteiger partial charge in [-0.3, -0.25) is 4.79 Å². The molecule has 10 heteroatoms. The molecular weight excluding hydrogens is 412 g/mol. The second kappa shape index (κ2) is 7.43. The van der Waals surface area contributed by atoms with Crippen LogP contribution in [0.5, 0.6) is 0 Å². The second-order valence-corrected chi connectivity index (χ2v) is 9.77. The predicted octanol–water partition coefficient (Wildman–Crippen LogP) is 2.51. The number of nitrogens with zero attached hydrogens (tertiary/aromatic N) is 4. The summed E-state index contributed by atoms with van der Waals surface area (Å²) in [4.78, 5) is 18.8. The number of rotatable bonds is 4. The van der Waals surface area contributed by atoms with E-state index >= 15 is 0 Å². The molecule has 0 aromatic carbocycles. The van der Waals surface area contributed by atoms with Crippen molar-refractivity contribution in [1.29, 1.82) is 0 Å². The van der Waals surface area contributed by atoms with E-state index in [4.69, 9.17) is 4.42 Å². The summed E-state index contributed by atoms with van der Waals surface area (Å²) in [6.07, 6.45) is 1.45. The minimum Gasteiger partial charge on any atom is -0.459 e. The molecule has 3 aromatic heterocycles. The first-order chi connectivity index (χ1) is 13.8. The summed E-state index contributed by atoms with van der Waals surface area (Å²) in [6, 6.07) is 4.97. The Bertz CT molecular complexity index is 1140. The summed E-state index contributed by atoms with van der Waals surface area (Å²) < 4.78 is 35.0. The summed E-state index contributed by atoms with van der Waals surface area (Å²) in [6.45, 7) is 4.85. The molecule has 0 atom stereocenters. The van der Waals surface area contributed by atoms with Gasteiger partial charge in [-0.25, -0.2) is 13.4 Å². The van der Waals surface area contributed by atoms with Gasteiger partial charge in [-0.2, -0.15) is 4.31 Å². The van der Waals surface area contributed by atoms with Gasteiger partial charge in [0.15, 0.2) is 5.76 Å². The molecule has 1 amide bonds. The van der Waals surface area contributed by atoms with Crippen LogP contribution < -0.4 is 0 Å². The molecular formula is C19H22N4O4S2. The van der Waals surface area contributed by atoms with Crippen molar-refractivity contribution in [3.63, 3.8) is 0 Å². The maximum Gasteiger partial charge on any atom is 0.289 e. The van der Waals surface area contributed by atoms with Gasteiger partial charge in [-0.05, 0) is 32.0 Å². The van der Waals surface area contributed by atoms with Gasteiger partial charge in [0.1, 0.15) is 9.90 Å². The highest BCUT2D eigenvalue weighted by Crippen LogP contribution is 2.31. The molecule has 1 aliphatic heterocycles. The summed E-state index contributed by atoms with van der Waals surface area (Å²) in [7, 11) is -1.82. The minimum absolute atomic E-state index is 0.218. The van der Waals surface area contributed by atoms with Gasteiger partial charge < -0.3 is 13.9 Å². The number of aromatic nitrogens is 2. The van der Waals surface area contributed by atoms with Crippen molar-refractivity contribution in [3.8, 4) is 10.7 Å². The lowest BCUT2D eigenvalue weighted by molar-refractivity contribution is 0.0666. The van der Waals surface area contributed by atoms with E-state index in [-0.39, 0.29) is 29.7 Å². The van der Waals surface area contributed by atoms with Gasteiger partial charge in [-0.15, -0.1) is 11.3 Å². The summed E-state index contributed by atoms with van der Waals surface area (Å²) in [5, 5.41) is 2.74. The van der Waals surface area contributed by atoms with Crippen LogP contribution >= 0.6 is 11.3 Å². The van der Waals surface area contributed by atoms with Crippen LogP contribution in [0.3, 0.4) is 0 Å². The van der Waals surface area contributed by atoms with Crippen LogP contribution in [0.15, 0.2) is 39.2 Å². The Labute approximate surface area is 173 Å². The number of hydrogen-bond acceptors (Lipinski definition) is 6. The fourth-order valence-corrected chi connectivity index (χ4v) is 5.98. The van der Waals surface area contributed by atoms with Crippen LogP contribution in [0, 0.1) is 13.8 Å². The highest BCUT2D eigenvalue weighted by atomic mass is 32.2. The van der Waals surface area contributed by atoms with Gasteiger partial charge in [-0.1, -0.05) is 0 Å². The predicted molar refractivity (Wildman–Crippen MR) is 109 cm³/mol. The number of carbonyl (C=O) groups excluding carboxylic acids is 1. The number of carbonyl (C=O) groups is 1. The molecule has 0 radical (unpaired) electrons. The first-order valence-electron chi connectivity index (χ1n) is 9.21. The van der Waals surface area contributed by atoms with E-state index in [1.807, 2.05) is 23.9 Å². The fraction of sp³-hybridized carbons (Fsp3) is 0.368. The van der Waals surface area contributed by atoms with E-state index in [2.05, 4.69) is 4.98 Å². The van der Waals surface area contributed by atoms with E-state index in [1.54, 1.807) is 30.0 Å². The summed E-state index contributed by atoms with van der Waals surface area (Å²) >= 11 is 1.49. The molecule has 8 nitrogen and oxygen atoms in total. The zero-order valence-corrected chi connectivity index (χ0v) is 18.1. The van der Waals surface area contributed by atoms with E-state index in [9.17, 15) is 13.2 Å². The van der Waals surface area contributed by atoms with Gasteiger partial charge >= 0.3 is 0 Å². The standard InChI is InChI=1S/C19H22N4O4S2/c1-13-12-28-18(20-13)15-11-17(14(2)21(15)3)29(25,26)23-8-6-22(7-9-23)19(24)16-5-4-10-27-16/h4-5,10-12H,6-9H2,1-3H3. The number of sulfonamides is 1. The summed E-state index contributed by atoms with van der Waals surface area (Å²) in [5.41, 5.74) is 2.36. The molecule has 0 N–H and O–H groups in total. The lowest BCUT2D eigenvalue weighted by Gasteiger charge is -2.33. The number of hydrogen-bond donors (Lipinski definition) is 0. The van der Waals surface area contributed by atoms with E-state index in [0.717, 1.165) is 16.4 Å². The largest absolute Gasteiger partial charge is 0.459 e. The molecule has 0 bridgehead atoms. The molecule has 4 heterocycles. The molecule has 29 heavy (non-hydrogen) atoms. The molecule has 0 saturated carbocycles. The Balaban J connectivity index is 1.55. The van der Waals surface area contributed by atoms with Crippen molar-refractivity contribution in [2.75, 3.05) is 26.2 Å². The molecule has 3 aromatic rings. The maximum atomic E-state index is 13.3. The number of furan rings is 1. The lowest BCUT2D eigenvalue weighted by atomic mass is 10.3. The Morgan fingerprint density at radius 3 is 2.52 bits per heavy atom. The topological polar surface area (TPSA) is 88.7 Å². The van der Waals surface area contributed by atoms with Crippen molar-refractivity contribution in [2.45, 2.75) is 18.7 Å². The minimum atomic E-state index is -3.67. The molecule has 4 rings (SSSR count). The Morgan fingerprint density at radius 2 is 1.93 bits per heavy atom. The first-order valence-corrected chi connectivity index (χ1v) is 11.5. The maximum absolute atomic E-state index is 13.3. The first kappa shape index (κ1) is 19.9. The number of thiazole rings is 1. The van der Waals surface area contributed by atoms with E-state index < -0.39 is 10.0 Å². The monoisotopic (exact) mass is 434 g/mol. The molecule has 0 aliphatic carbocycles. The average molecular weight is 435 g/mol. The SMILES string of the molecule is Cc1csc(-c2cc(S(=O)(=O)N3CCN(C(=O)c4ccco4)CC3)c(C)n2C)n1. The van der Waals surface area contributed by atoms with Gasteiger partial charge in [0.05, 0.1) is 12.0 Å². The quantitative estimate of drug-likeness (QED) is 0.630. The zero-order chi connectivity index (χ0) is 20.8. The van der Waals surface area contributed by atoms with Crippen LogP contribution in [0.25, 0.3) is 10.7 Å². The molecule has 1 aliphatic rings. The highest BCUT2D eigenvalue weighted by Gasteiger charge is 2.33. The smallest absolute Gasteiger partial charge is 0.289 e. The normalized spacial score (nSPS) is 15.8. The second-order valence-electron chi connectivity index (χ2n) is 7.01. The highest BCUT2D eigenvalue weighted by molar-refractivity contribution is 7.89. The average Bonchev–Trinajstić information content (AvgIpc) is 3.44. The molecule has 1 saturated heterocycles. The van der Waals surface area contributed by atoms with Crippen molar-refractivity contribution in [3.05, 3.63) is 47.0 Å². The lowest BCUT2D eigenvalue weighted by Crippen LogP contribution is -2.50. The van der Waals surface area contributed by atoms with Gasteiger partial charge in [0, 0.05) is 50.0 Å². The van der Waals surface area contributed by atoms with Gasteiger partial charge in [0.25, 0.3) is 5.91 Å². The Kier molecular flexibility index (Phi) is 5.09. The number of amides is 1. The molecule has 0 unspecified atom stereocenters. The van der Waals surface area contributed by atoms with E-state index in [0.29, 0.717) is 18.8 Å². The molecule has 154 valence electrons.